The number of terminal acetylenes is 1. The average molecular weight is 190 g/mol. The molecule has 0 aromatic carbocycles. The van der Waals surface area contributed by atoms with Gasteiger partial charge in [-0.1, -0.05) is 0 Å². The summed E-state index contributed by atoms with van der Waals surface area (Å²) in [6.07, 6.45) is 5.77. The van der Waals surface area contributed by atoms with Gasteiger partial charge in [0.2, 0.25) is 5.88 Å². The van der Waals surface area contributed by atoms with E-state index in [4.69, 9.17) is 11.2 Å². The molecule has 0 aliphatic rings. The van der Waals surface area contributed by atoms with E-state index in [0.717, 1.165) is 0 Å². The highest BCUT2D eigenvalue weighted by atomic mass is 16.5. The van der Waals surface area contributed by atoms with Crippen molar-refractivity contribution in [2.75, 3.05) is 7.11 Å². The van der Waals surface area contributed by atoms with Gasteiger partial charge in [-0.2, -0.15) is 0 Å². The fourth-order valence-electron chi connectivity index (χ4n) is 0.891. The van der Waals surface area contributed by atoms with Crippen LogP contribution < -0.4 is 4.74 Å². The minimum atomic E-state index is -0.0990. The minimum absolute atomic E-state index is 0.0990. The monoisotopic (exact) mass is 190 g/mol. The molecule has 0 spiro atoms. The molecule has 0 aliphatic heterocycles. The maximum atomic E-state index is 11.4. The molecular weight excluding hydrogens is 180 g/mol. The zero-order chi connectivity index (χ0) is 10.4. The van der Waals surface area contributed by atoms with E-state index in [-0.39, 0.29) is 5.78 Å². The molecule has 0 N–H and O–H groups in total. The van der Waals surface area contributed by atoms with Crippen LogP contribution in [0.15, 0.2) is 12.1 Å². The zero-order valence-corrected chi connectivity index (χ0v) is 7.86. The van der Waals surface area contributed by atoms with Gasteiger partial charge >= 0.3 is 0 Å². The Bertz CT molecular complexity index is 351. The van der Waals surface area contributed by atoms with Gasteiger partial charge < -0.3 is 4.74 Å². The highest BCUT2D eigenvalue weighted by molar-refractivity contribution is 5.94. The van der Waals surface area contributed by atoms with Crippen LogP contribution in [0.4, 0.5) is 0 Å². The summed E-state index contributed by atoms with van der Waals surface area (Å²) >= 11 is 0. The van der Waals surface area contributed by atoms with Crippen LogP contribution in [0.25, 0.3) is 0 Å². The Kier molecular flexibility index (Phi) is 3.62. The second-order valence-electron chi connectivity index (χ2n) is 2.59. The van der Waals surface area contributed by atoms with Crippen LogP contribution >= 0.6 is 0 Å². The molecule has 0 saturated carbocycles. The Labute approximate surface area is 82.3 Å². The molecule has 4 heteroatoms. The lowest BCUT2D eigenvalue weighted by Crippen LogP contribution is -2.03. The number of carbonyl (C=O) groups excluding carboxylic acids is 1. The molecule has 0 atom stereocenters. The molecule has 0 radical (unpaired) electrons. The third-order valence-electron chi connectivity index (χ3n) is 1.63. The standard InChI is InChI=1S/C10H10N2O2/c1-3-4-5-9(13)8-6-7-10(14-2)12-11-8/h1,6-7H,4-5H2,2H3. The number of ether oxygens (including phenoxy) is 1. The molecule has 1 heterocycles. The van der Waals surface area contributed by atoms with E-state index in [1.54, 1.807) is 12.1 Å². The van der Waals surface area contributed by atoms with Gasteiger partial charge in [0.25, 0.3) is 0 Å². The van der Waals surface area contributed by atoms with Crippen molar-refractivity contribution in [3.05, 3.63) is 17.8 Å². The second-order valence-corrected chi connectivity index (χ2v) is 2.59. The van der Waals surface area contributed by atoms with Gasteiger partial charge in [0, 0.05) is 18.9 Å². The largest absolute Gasteiger partial charge is 0.480 e. The molecule has 4 nitrogen and oxygen atoms in total. The Balaban J connectivity index is 2.67. The van der Waals surface area contributed by atoms with Gasteiger partial charge in [-0.25, -0.2) is 0 Å². The third-order valence-corrected chi connectivity index (χ3v) is 1.63. The van der Waals surface area contributed by atoms with E-state index >= 15 is 0 Å². The van der Waals surface area contributed by atoms with Crippen molar-refractivity contribution in [3.8, 4) is 18.2 Å². The number of nitrogens with zero attached hydrogens (tertiary/aromatic N) is 2. The van der Waals surface area contributed by atoms with Crippen molar-refractivity contribution in [2.45, 2.75) is 12.8 Å². The van der Waals surface area contributed by atoms with Gasteiger partial charge in [-0.05, 0) is 6.07 Å². The van der Waals surface area contributed by atoms with Crippen LogP contribution in [0, 0.1) is 12.3 Å². The molecular formula is C10H10N2O2. The molecule has 14 heavy (non-hydrogen) atoms. The lowest BCUT2D eigenvalue weighted by molar-refractivity contribution is 0.0978. The average Bonchev–Trinajstić information content (AvgIpc) is 2.26. The molecule has 0 bridgehead atoms. The van der Waals surface area contributed by atoms with Gasteiger partial charge in [0.05, 0.1) is 7.11 Å². The van der Waals surface area contributed by atoms with Crippen LogP contribution in [0.3, 0.4) is 0 Å². The van der Waals surface area contributed by atoms with Crippen LogP contribution in [0.1, 0.15) is 23.3 Å². The first-order chi connectivity index (χ1) is 6.77. The predicted octanol–water partition coefficient (Wildman–Crippen LogP) is 1.08. The van der Waals surface area contributed by atoms with Crippen LogP contribution in [0.5, 0.6) is 5.88 Å². The third kappa shape index (κ3) is 2.56. The normalized spacial score (nSPS) is 9.14. The van der Waals surface area contributed by atoms with Gasteiger partial charge in [0.1, 0.15) is 5.69 Å². The maximum absolute atomic E-state index is 11.4. The number of ketones is 1. The molecule has 1 aromatic rings. The zero-order valence-electron chi connectivity index (χ0n) is 7.86. The Morgan fingerprint density at radius 3 is 2.86 bits per heavy atom. The molecule has 1 aromatic heterocycles. The quantitative estimate of drug-likeness (QED) is 0.526. The van der Waals surface area contributed by atoms with E-state index in [1.165, 1.54) is 7.11 Å². The van der Waals surface area contributed by atoms with Crippen LogP contribution in [-0.2, 0) is 0 Å². The Hall–Kier alpha value is -1.89. The highest BCUT2D eigenvalue weighted by Gasteiger charge is 2.07. The summed E-state index contributed by atoms with van der Waals surface area (Å²) in [5.74, 6) is 2.69. The van der Waals surface area contributed by atoms with E-state index in [2.05, 4.69) is 16.1 Å². The summed E-state index contributed by atoms with van der Waals surface area (Å²) in [6, 6.07) is 3.17. The molecule has 0 saturated heterocycles. The first-order valence-electron chi connectivity index (χ1n) is 4.12. The van der Waals surface area contributed by atoms with Crippen molar-refractivity contribution in [1.82, 2.24) is 10.2 Å². The smallest absolute Gasteiger partial charge is 0.233 e. The molecule has 0 unspecified atom stereocenters. The molecule has 0 fully saturated rings. The molecule has 0 amide bonds. The molecule has 72 valence electrons. The van der Waals surface area contributed by atoms with Gasteiger partial charge in [-0.3, -0.25) is 4.79 Å². The summed E-state index contributed by atoms with van der Waals surface area (Å²) in [5.41, 5.74) is 0.320. The summed E-state index contributed by atoms with van der Waals surface area (Å²) < 4.78 is 4.81. The maximum Gasteiger partial charge on any atom is 0.233 e. The van der Waals surface area contributed by atoms with E-state index in [9.17, 15) is 4.79 Å². The van der Waals surface area contributed by atoms with Crippen molar-refractivity contribution >= 4 is 5.78 Å². The van der Waals surface area contributed by atoms with Crippen molar-refractivity contribution < 1.29 is 9.53 Å². The first kappa shape index (κ1) is 10.2. The number of carbonyl (C=O) groups is 1. The summed E-state index contributed by atoms with van der Waals surface area (Å²) in [6.45, 7) is 0. The number of methoxy groups -OCH3 is 1. The van der Waals surface area contributed by atoms with Crippen LogP contribution in [-0.4, -0.2) is 23.1 Å². The minimum Gasteiger partial charge on any atom is -0.480 e. The topological polar surface area (TPSA) is 52.1 Å². The fraction of sp³-hybridized carbons (Fsp3) is 0.300. The highest BCUT2D eigenvalue weighted by Crippen LogP contribution is 2.06. The molecule has 1 rings (SSSR count). The Morgan fingerprint density at radius 1 is 1.57 bits per heavy atom. The fourth-order valence-corrected chi connectivity index (χ4v) is 0.891. The SMILES string of the molecule is C#CCCC(=O)c1ccc(OC)nn1. The number of rotatable bonds is 4. The second kappa shape index (κ2) is 4.97. The number of hydrogen-bond acceptors (Lipinski definition) is 4. The number of hydrogen-bond donors (Lipinski definition) is 0. The number of Topliss-reactive ketones (excluding diaryl/α,β-unsaturated/α-hetero) is 1. The van der Waals surface area contributed by atoms with E-state index in [0.29, 0.717) is 24.4 Å². The van der Waals surface area contributed by atoms with Gasteiger partial charge in [0.15, 0.2) is 5.78 Å². The van der Waals surface area contributed by atoms with E-state index in [1.807, 2.05) is 0 Å². The van der Waals surface area contributed by atoms with Crippen molar-refractivity contribution in [3.63, 3.8) is 0 Å². The first-order valence-corrected chi connectivity index (χ1v) is 4.12. The lowest BCUT2D eigenvalue weighted by Gasteiger charge is -1.98. The van der Waals surface area contributed by atoms with E-state index < -0.39 is 0 Å². The summed E-state index contributed by atoms with van der Waals surface area (Å²) in [7, 11) is 1.49. The molecule has 0 aliphatic carbocycles. The lowest BCUT2D eigenvalue weighted by atomic mass is 10.2. The predicted molar refractivity (Wildman–Crippen MR) is 51.0 cm³/mol. The summed E-state index contributed by atoms with van der Waals surface area (Å²) in [4.78, 5) is 11.4. The van der Waals surface area contributed by atoms with Crippen molar-refractivity contribution in [1.29, 1.82) is 0 Å². The Morgan fingerprint density at radius 2 is 2.36 bits per heavy atom. The van der Waals surface area contributed by atoms with Crippen molar-refractivity contribution in [2.24, 2.45) is 0 Å². The summed E-state index contributed by atoms with van der Waals surface area (Å²) in [5, 5.41) is 7.39. The number of aromatic nitrogens is 2. The van der Waals surface area contributed by atoms with Gasteiger partial charge in [-0.15, -0.1) is 22.5 Å². The van der Waals surface area contributed by atoms with Crippen LogP contribution in [0.2, 0.25) is 0 Å².